The van der Waals surface area contributed by atoms with Crippen molar-refractivity contribution in [3.05, 3.63) is 47.0 Å². The average Bonchev–Trinajstić information content (AvgIpc) is 2.97. The Kier molecular flexibility index (Phi) is 3.80. The van der Waals surface area contributed by atoms with E-state index in [9.17, 15) is 4.79 Å². The summed E-state index contributed by atoms with van der Waals surface area (Å²) < 4.78 is 5.79. The van der Waals surface area contributed by atoms with Crippen molar-refractivity contribution < 1.29 is 9.53 Å². The van der Waals surface area contributed by atoms with Gasteiger partial charge in [0.25, 0.3) is 5.91 Å². The standard InChI is InChI=1S/C19H21N3O2S/c1-4-5-12-6-7-15-14(10-12)22(8-9-24-15)18-20-13-11-19(2,3)21-17(23)16(13)25-18/h4,6-7,10H,1,5,8-9,11H2,2-3H3,(H,21,23). The fraction of sp³-hybridized carbons (Fsp3) is 0.368. The second-order valence-electron chi connectivity index (χ2n) is 7.08. The Labute approximate surface area is 151 Å². The van der Waals surface area contributed by atoms with Crippen LogP contribution in [0.2, 0.25) is 0 Å². The predicted octanol–water partition coefficient (Wildman–Crippen LogP) is 3.47. The number of carbonyl (C=O) groups excluding carboxylic acids is 1. The van der Waals surface area contributed by atoms with E-state index in [0.717, 1.165) is 46.5 Å². The van der Waals surface area contributed by atoms with Crippen molar-refractivity contribution in [1.82, 2.24) is 10.3 Å². The van der Waals surface area contributed by atoms with Gasteiger partial charge in [0.15, 0.2) is 5.13 Å². The molecule has 0 bridgehead atoms. The molecule has 5 nitrogen and oxygen atoms in total. The van der Waals surface area contributed by atoms with Crippen LogP contribution in [0.3, 0.4) is 0 Å². The monoisotopic (exact) mass is 355 g/mol. The van der Waals surface area contributed by atoms with Crippen LogP contribution in [0, 0.1) is 0 Å². The van der Waals surface area contributed by atoms with E-state index >= 15 is 0 Å². The van der Waals surface area contributed by atoms with E-state index in [1.807, 2.05) is 26.0 Å². The van der Waals surface area contributed by atoms with E-state index in [-0.39, 0.29) is 11.4 Å². The number of thiazole rings is 1. The smallest absolute Gasteiger partial charge is 0.263 e. The van der Waals surface area contributed by atoms with Gasteiger partial charge in [-0.05, 0) is 38.0 Å². The lowest BCUT2D eigenvalue weighted by Gasteiger charge is -2.29. The molecule has 2 aliphatic rings. The summed E-state index contributed by atoms with van der Waals surface area (Å²) in [5, 5.41) is 3.91. The minimum absolute atomic E-state index is 0.0242. The van der Waals surface area contributed by atoms with Gasteiger partial charge < -0.3 is 15.0 Å². The number of fused-ring (bicyclic) bond motifs is 2. The molecular formula is C19H21N3O2S. The van der Waals surface area contributed by atoms with Crippen molar-refractivity contribution >= 4 is 28.1 Å². The van der Waals surface area contributed by atoms with Crippen LogP contribution in [0.5, 0.6) is 5.75 Å². The molecule has 1 amide bonds. The number of aromatic nitrogens is 1. The van der Waals surface area contributed by atoms with Gasteiger partial charge in [-0.1, -0.05) is 23.5 Å². The fourth-order valence-corrected chi connectivity index (χ4v) is 4.35. The Morgan fingerprint density at radius 2 is 2.32 bits per heavy atom. The molecule has 0 aliphatic carbocycles. The van der Waals surface area contributed by atoms with Crippen LogP contribution in [0.25, 0.3) is 0 Å². The van der Waals surface area contributed by atoms with Crippen molar-refractivity contribution in [1.29, 1.82) is 0 Å². The molecule has 0 radical (unpaired) electrons. The van der Waals surface area contributed by atoms with E-state index in [2.05, 4.69) is 28.9 Å². The number of hydrogen-bond donors (Lipinski definition) is 1. The zero-order valence-electron chi connectivity index (χ0n) is 14.5. The second kappa shape index (κ2) is 5.88. The summed E-state index contributed by atoms with van der Waals surface area (Å²) in [5.74, 6) is 0.834. The number of ether oxygens (including phenoxy) is 1. The number of nitrogens with one attached hydrogen (secondary N) is 1. The molecule has 0 fully saturated rings. The van der Waals surface area contributed by atoms with Crippen LogP contribution < -0.4 is 15.0 Å². The highest BCUT2D eigenvalue weighted by molar-refractivity contribution is 7.17. The largest absolute Gasteiger partial charge is 0.490 e. The number of anilines is 2. The van der Waals surface area contributed by atoms with Crippen molar-refractivity contribution in [2.24, 2.45) is 0 Å². The second-order valence-corrected chi connectivity index (χ2v) is 8.06. The number of nitrogens with zero attached hydrogens (tertiary/aromatic N) is 2. The molecule has 4 rings (SSSR count). The number of hydrogen-bond acceptors (Lipinski definition) is 5. The third-order valence-electron chi connectivity index (χ3n) is 4.45. The Hall–Kier alpha value is -2.34. The number of allylic oxidation sites excluding steroid dienone is 1. The number of benzene rings is 1. The lowest BCUT2D eigenvalue weighted by atomic mass is 9.94. The third kappa shape index (κ3) is 2.91. The summed E-state index contributed by atoms with van der Waals surface area (Å²) in [5.41, 5.74) is 2.83. The van der Waals surface area contributed by atoms with Crippen molar-refractivity contribution in [2.45, 2.75) is 32.2 Å². The van der Waals surface area contributed by atoms with Gasteiger partial charge in [0.05, 0.1) is 17.9 Å². The first-order valence-corrected chi connectivity index (χ1v) is 9.25. The van der Waals surface area contributed by atoms with E-state index in [4.69, 9.17) is 9.72 Å². The zero-order valence-corrected chi connectivity index (χ0v) is 15.3. The molecule has 0 spiro atoms. The van der Waals surface area contributed by atoms with Gasteiger partial charge in [-0.25, -0.2) is 4.98 Å². The summed E-state index contributed by atoms with van der Waals surface area (Å²) in [4.78, 5) is 20.1. The minimum atomic E-state index is -0.254. The minimum Gasteiger partial charge on any atom is -0.490 e. The lowest BCUT2D eigenvalue weighted by molar-refractivity contribution is 0.0901. The SMILES string of the molecule is C=CCc1ccc2c(c1)N(c1nc3c(s1)C(=O)NC(C)(C)C3)CCO2. The molecule has 0 unspecified atom stereocenters. The Morgan fingerprint density at radius 3 is 3.12 bits per heavy atom. The molecule has 1 N–H and O–H groups in total. The summed E-state index contributed by atoms with van der Waals surface area (Å²) >= 11 is 1.46. The van der Waals surface area contributed by atoms with Crippen LogP contribution in [-0.2, 0) is 12.8 Å². The molecule has 0 atom stereocenters. The maximum absolute atomic E-state index is 12.4. The van der Waals surface area contributed by atoms with Gasteiger partial charge in [-0.3, -0.25) is 4.79 Å². The van der Waals surface area contributed by atoms with Gasteiger partial charge in [0.2, 0.25) is 0 Å². The van der Waals surface area contributed by atoms with E-state index in [1.54, 1.807) is 0 Å². The van der Waals surface area contributed by atoms with E-state index < -0.39 is 0 Å². The van der Waals surface area contributed by atoms with Crippen molar-refractivity contribution in [3.8, 4) is 5.75 Å². The topological polar surface area (TPSA) is 54.5 Å². The average molecular weight is 355 g/mol. The summed E-state index contributed by atoms with van der Waals surface area (Å²) in [7, 11) is 0. The molecule has 0 saturated heterocycles. The Balaban J connectivity index is 1.74. The maximum Gasteiger partial charge on any atom is 0.263 e. The molecule has 130 valence electrons. The van der Waals surface area contributed by atoms with Gasteiger partial charge in [-0.15, -0.1) is 6.58 Å². The highest BCUT2D eigenvalue weighted by Crippen LogP contribution is 2.41. The molecule has 1 aromatic carbocycles. The van der Waals surface area contributed by atoms with Crippen molar-refractivity contribution in [3.63, 3.8) is 0 Å². The summed E-state index contributed by atoms with van der Waals surface area (Å²) in [6.07, 6.45) is 3.45. The van der Waals surface area contributed by atoms with Crippen LogP contribution in [0.4, 0.5) is 10.8 Å². The Bertz CT molecular complexity index is 856. The van der Waals surface area contributed by atoms with Gasteiger partial charge in [0.1, 0.15) is 17.2 Å². The number of amides is 1. The van der Waals surface area contributed by atoms with Crippen LogP contribution in [0.15, 0.2) is 30.9 Å². The maximum atomic E-state index is 12.4. The van der Waals surface area contributed by atoms with Gasteiger partial charge in [0, 0.05) is 12.0 Å². The molecule has 2 aromatic rings. The first-order valence-electron chi connectivity index (χ1n) is 8.43. The van der Waals surface area contributed by atoms with Crippen LogP contribution in [0.1, 0.15) is 34.8 Å². The zero-order chi connectivity index (χ0) is 17.6. The first kappa shape index (κ1) is 16.1. The quantitative estimate of drug-likeness (QED) is 0.857. The normalized spacial score (nSPS) is 18.0. The number of rotatable bonds is 3. The Morgan fingerprint density at radius 1 is 1.48 bits per heavy atom. The molecule has 0 saturated carbocycles. The van der Waals surface area contributed by atoms with E-state index in [1.165, 1.54) is 16.9 Å². The third-order valence-corrected chi connectivity index (χ3v) is 5.57. The van der Waals surface area contributed by atoms with Crippen LogP contribution >= 0.6 is 11.3 Å². The molecule has 25 heavy (non-hydrogen) atoms. The highest BCUT2D eigenvalue weighted by atomic mass is 32.1. The highest BCUT2D eigenvalue weighted by Gasteiger charge is 2.34. The van der Waals surface area contributed by atoms with Gasteiger partial charge >= 0.3 is 0 Å². The molecule has 3 heterocycles. The summed E-state index contributed by atoms with van der Waals surface area (Å²) in [6, 6.07) is 6.19. The molecular weight excluding hydrogens is 334 g/mol. The molecule has 2 aliphatic heterocycles. The van der Waals surface area contributed by atoms with E-state index in [0.29, 0.717) is 6.61 Å². The first-order chi connectivity index (χ1) is 12.0. The lowest BCUT2D eigenvalue weighted by Crippen LogP contribution is -2.48. The van der Waals surface area contributed by atoms with Crippen LogP contribution in [-0.4, -0.2) is 29.6 Å². The molecule has 1 aromatic heterocycles. The molecule has 6 heteroatoms. The van der Waals surface area contributed by atoms with Gasteiger partial charge in [-0.2, -0.15) is 0 Å². The number of carbonyl (C=O) groups is 1. The fourth-order valence-electron chi connectivity index (χ4n) is 3.33. The summed E-state index contributed by atoms with van der Waals surface area (Å²) in [6.45, 7) is 9.20. The van der Waals surface area contributed by atoms with Crippen molar-refractivity contribution in [2.75, 3.05) is 18.1 Å². The predicted molar refractivity (Wildman–Crippen MR) is 100 cm³/mol.